The van der Waals surface area contributed by atoms with Crippen molar-refractivity contribution in [3.05, 3.63) is 23.7 Å². The van der Waals surface area contributed by atoms with Crippen LogP contribution in [0.1, 0.15) is 13.3 Å². The first-order valence-electron chi connectivity index (χ1n) is 5.37. The van der Waals surface area contributed by atoms with Crippen LogP contribution in [0.15, 0.2) is 23.7 Å². The fraction of sp³-hybridized carbons (Fsp3) is 0.667. The summed E-state index contributed by atoms with van der Waals surface area (Å²) >= 11 is 0. The van der Waals surface area contributed by atoms with E-state index in [4.69, 9.17) is 9.47 Å². The zero-order valence-electron chi connectivity index (χ0n) is 10.7. The number of methoxy groups -OCH3 is 2. The SMILES string of the molecule is COC1=CCC=C(OC)C1(C)[Si](C)(C)C. The molecule has 0 heterocycles. The summed E-state index contributed by atoms with van der Waals surface area (Å²) in [4.78, 5) is 0. The van der Waals surface area contributed by atoms with Crippen LogP contribution in [0.3, 0.4) is 0 Å². The van der Waals surface area contributed by atoms with Gasteiger partial charge in [-0.25, -0.2) is 0 Å². The van der Waals surface area contributed by atoms with Gasteiger partial charge in [-0.05, 0) is 25.5 Å². The van der Waals surface area contributed by atoms with Gasteiger partial charge in [0.15, 0.2) is 0 Å². The molecular weight excluding hydrogens is 204 g/mol. The third-order valence-corrected chi connectivity index (χ3v) is 7.02. The van der Waals surface area contributed by atoms with Gasteiger partial charge in [-0.3, -0.25) is 0 Å². The lowest BCUT2D eigenvalue weighted by molar-refractivity contribution is 0.199. The van der Waals surface area contributed by atoms with E-state index in [0.29, 0.717) is 0 Å². The molecule has 0 aromatic carbocycles. The van der Waals surface area contributed by atoms with Crippen LogP contribution in [0.4, 0.5) is 0 Å². The highest BCUT2D eigenvalue weighted by atomic mass is 28.3. The summed E-state index contributed by atoms with van der Waals surface area (Å²) < 4.78 is 11.1. The Morgan fingerprint density at radius 3 is 1.73 bits per heavy atom. The van der Waals surface area contributed by atoms with E-state index in [1.54, 1.807) is 14.2 Å². The van der Waals surface area contributed by atoms with E-state index in [2.05, 4.69) is 38.7 Å². The van der Waals surface area contributed by atoms with Crippen LogP contribution in [-0.2, 0) is 9.47 Å². The van der Waals surface area contributed by atoms with Crippen LogP contribution in [-0.4, -0.2) is 22.3 Å². The van der Waals surface area contributed by atoms with Crippen LogP contribution in [0, 0.1) is 0 Å². The third-order valence-electron chi connectivity index (χ3n) is 3.53. The molecule has 3 heteroatoms. The largest absolute Gasteiger partial charge is 0.501 e. The lowest BCUT2D eigenvalue weighted by Gasteiger charge is -2.43. The van der Waals surface area contributed by atoms with Crippen molar-refractivity contribution in [2.45, 2.75) is 38.0 Å². The molecule has 0 N–H and O–H groups in total. The molecule has 0 saturated carbocycles. The van der Waals surface area contributed by atoms with Crippen molar-refractivity contribution >= 4 is 8.07 Å². The van der Waals surface area contributed by atoms with Crippen molar-refractivity contribution in [2.75, 3.05) is 14.2 Å². The molecule has 0 radical (unpaired) electrons. The van der Waals surface area contributed by atoms with Gasteiger partial charge in [-0.1, -0.05) is 19.6 Å². The van der Waals surface area contributed by atoms with Crippen LogP contribution in [0.25, 0.3) is 0 Å². The first-order valence-corrected chi connectivity index (χ1v) is 8.87. The minimum atomic E-state index is -1.44. The van der Waals surface area contributed by atoms with Crippen LogP contribution in [0.5, 0.6) is 0 Å². The molecule has 1 aliphatic rings. The molecular formula is C12H22O2Si. The standard InChI is InChI=1S/C12H22O2Si/c1-12(15(4,5)6)10(13-2)8-7-9-11(12)14-3/h8-9H,7H2,1-6H3. The molecule has 0 spiro atoms. The van der Waals surface area contributed by atoms with Gasteiger partial charge in [0.25, 0.3) is 0 Å². The molecule has 0 aromatic heterocycles. The second-order valence-corrected chi connectivity index (χ2v) is 10.7. The lowest BCUT2D eigenvalue weighted by atomic mass is 9.99. The smallest absolute Gasteiger partial charge is 0.102 e. The van der Waals surface area contributed by atoms with Gasteiger partial charge in [0.1, 0.15) is 11.5 Å². The number of rotatable bonds is 3. The predicted molar refractivity (Wildman–Crippen MR) is 66.5 cm³/mol. The predicted octanol–water partition coefficient (Wildman–Crippen LogP) is 3.55. The van der Waals surface area contributed by atoms with Crippen molar-refractivity contribution in [3.63, 3.8) is 0 Å². The molecule has 0 unspecified atom stereocenters. The van der Waals surface area contributed by atoms with Gasteiger partial charge in [-0.2, -0.15) is 0 Å². The third kappa shape index (κ3) is 1.85. The highest BCUT2D eigenvalue weighted by Gasteiger charge is 2.48. The van der Waals surface area contributed by atoms with E-state index < -0.39 is 8.07 Å². The average Bonchev–Trinajstić information content (AvgIpc) is 2.16. The highest BCUT2D eigenvalue weighted by molar-refractivity contribution is 6.80. The van der Waals surface area contributed by atoms with E-state index in [1.807, 2.05) is 0 Å². The molecule has 0 atom stereocenters. The minimum Gasteiger partial charge on any atom is -0.501 e. The molecule has 1 aliphatic carbocycles. The zero-order valence-corrected chi connectivity index (χ0v) is 11.7. The summed E-state index contributed by atoms with van der Waals surface area (Å²) in [5.74, 6) is 2.14. The Bertz CT molecular complexity index is 277. The Kier molecular flexibility index (Phi) is 3.33. The maximum Gasteiger partial charge on any atom is 0.102 e. The molecule has 0 aromatic rings. The molecule has 86 valence electrons. The second-order valence-electron chi connectivity index (χ2n) is 5.16. The number of ether oxygens (including phenoxy) is 2. The molecule has 0 saturated heterocycles. The highest BCUT2D eigenvalue weighted by Crippen LogP contribution is 2.53. The summed E-state index contributed by atoms with van der Waals surface area (Å²) in [5.41, 5.74) is 0. The number of hydrogen-bond donors (Lipinski definition) is 0. The Balaban J connectivity index is 3.22. The molecule has 0 amide bonds. The molecule has 0 aliphatic heterocycles. The quantitative estimate of drug-likeness (QED) is 0.685. The summed E-state index contributed by atoms with van der Waals surface area (Å²) in [6.07, 6.45) is 5.24. The van der Waals surface area contributed by atoms with E-state index in [9.17, 15) is 0 Å². The van der Waals surface area contributed by atoms with Crippen molar-refractivity contribution in [1.29, 1.82) is 0 Å². The number of hydrogen-bond acceptors (Lipinski definition) is 2. The zero-order chi connectivity index (χ0) is 11.7. The first-order chi connectivity index (χ1) is 6.87. The van der Waals surface area contributed by atoms with Crippen LogP contribution >= 0.6 is 0 Å². The average molecular weight is 226 g/mol. The summed E-state index contributed by atoms with van der Waals surface area (Å²) in [6.45, 7) is 9.27. The molecule has 15 heavy (non-hydrogen) atoms. The Morgan fingerprint density at radius 2 is 1.47 bits per heavy atom. The summed E-state index contributed by atoms with van der Waals surface area (Å²) in [7, 11) is 2.07. The van der Waals surface area contributed by atoms with Gasteiger partial charge < -0.3 is 9.47 Å². The second kappa shape index (κ2) is 4.04. The Morgan fingerprint density at radius 1 is 1.07 bits per heavy atom. The maximum atomic E-state index is 5.54. The lowest BCUT2D eigenvalue weighted by Crippen LogP contribution is -2.42. The molecule has 0 bridgehead atoms. The fourth-order valence-corrected chi connectivity index (χ4v) is 4.00. The van der Waals surface area contributed by atoms with Crippen LogP contribution in [0.2, 0.25) is 24.7 Å². The van der Waals surface area contributed by atoms with Gasteiger partial charge in [-0.15, -0.1) is 0 Å². The number of allylic oxidation sites excluding steroid dienone is 2. The Labute approximate surface area is 94.0 Å². The van der Waals surface area contributed by atoms with Crippen molar-refractivity contribution < 1.29 is 9.47 Å². The Hall–Kier alpha value is -0.703. The fourth-order valence-electron chi connectivity index (χ4n) is 2.12. The first kappa shape index (κ1) is 12.4. The van der Waals surface area contributed by atoms with Gasteiger partial charge in [0, 0.05) is 0 Å². The molecule has 2 nitrogen and oxygen atoms in total. The van der Waals surface area contributed by atoms with E-state index in [1.165, 1.54) is 0 Å². The van der Waals surface area contributed by atoms with Crippen molar-refractivity contribution in [1.82, 2.24) is 0 Å². The van der Waals surface area contributed by atoms with Gasteiger partial charge in [0.05, 0.1) is 27.3 Å². The molecule has 1 rings (SSSR count). The summed E-state index contributed by atoms with van der Waals surface area (Å²) in [5, 5.41) is -0.0330. The van der Waals surface area contributed by atoms with E-state index in [0.717, 1.165) is 17.9 Å². The topological polar surface area (TPSA) is 18.5 Å². The summed E-state index contributed by atoms with van der Waals surface area (Å²) in [6, 6.07) is 0. The van der Waals surface area contributed by atoms with Crippen LogP contribution < -0.4 is 0 Å². The normalized spacial score (nSPS) is 20.4. The monoisotopic (exact) mass is 226 g/mol. The van der Waals surface area contributed by atoms with Crippen molar-refractivity contribution in [3.8, 4) is 0 Å². The maximum absolute atomic E-state index is 5.54. The van der Waals surface area contributed by atoms with Gasteiger partial charge >= 0.3 is 0 Å². The van der Waals surface area contributed by atoms with Gasteiger partial charge in [0.2, 0.25) is 0 Å². The van der Waals surface area contributed by atoms with Crippen molar-refractivity contribution in [2.24, 2.45) is 0 Å². The van der Waals surface area contributed by atoms with E-state index >= 15 is 0 Å². The minimum absolute atomic E-state index is 0.0330. The molecule has 0 fully saturated rings. The van der Waals surface area contributed by atoms with E-state index in [-0.39, 0.29) is 5.04 Å².